The maximum absolute atomic E-state index is 11.3. The molecule has 0 aliphatic rings. The Bertz CT molecular complexity index is 333. The van der Waals surface area contributed by atoms with Crippen LogP contribution in [-0.2, 0) is 0 Å². The van der Waals surface area contributed by atoms with Crippen molar-refractivity contribution < 1.29 is 4.79 Å². The van der Waals surface area contributed by atoms with Crippen molar-refractivity contribution in [2.24, 2.45) is 5.73 Å². The molecule has 0 fully saturated rings. The number of carbonyl (C=O) groups excluding carboxylic acids is 1. The minimum Gasteiger partial charge on any atom is -0.396 e. The maximum Gasteiger partial charge on any atom is 0.266 e. The molecule has 0 saturated carbocycles. The molecule has 6 heteroatoms. The van der Waals surface area contributed by atoms with Crippen molar-refractivity contribution in [2.75, 3.05) is 7.05 Å². The summed E-state index contributed by atoms with van der Waals surface area (Å²) < 4.78 is 0.790. The zero-order valence-electron chi connectivity index (χ0n) is 8.16. The summed E-state index contributed by atoms with van der Waals surface area (Å²) in [5.41, 5.74) is 11.3. The average molecular weight is 290 g/mol. The first-order valence-electron chi connectivity index (χ1n) is 4.04. The highest BCUT2D eigenvalue weighted by molar-refractivity contribution is 9.10. The number of hydrogen-bond donors (Lipinski definition) is 3. The number of benzene rings is 1. The summed E-state index contributed by atoms with van der Waals surface area (Å²) in [7, 11) is 1.65. The summed E-state index contributed by atoms with van der Waals surface area (Å²) in [4.78, 5) is 11.3. The molecule has 0 heterocycles. The Labute approximate surface area is 102 Å². The number of nitrogens with two attached hydrogens (primary N) is 1. The molecule has 1 amide bonds. The molecule has 0 aromatic heterocycles. The molecule has 4 N–H and O–H groups in total. The van der Waals surface area contributed by atoms with Gasteiger partial charge in [-0.15, -0.1) is 0 Å². The van der Waals surface area contributed by atoms with Crippen molar-refractivity contribution in [1.29, 1.82) is 0 Å². The van der Waals surface area contributed by atoms with E-state index in [4.69, 9.17) is 0 Å². The van der Waals surface area contributed by atoms with E-state index >= 15 is 0 Å². The largest absolute Gasteiger partial charge is 0.396 e. The first-order valence-corrected chi connectivity index (χ1v) is 5.30. The van der Waals surface area contributed by atoms with E-state index in [0.717, 1.165) is 9.96 Å². The van der Waals surface area contributed by atoms with Gasteiger partial charge in [-0.3, -0.25) is 10.2 Å². The molecule has 0 unspecified atom stereocenters. The number of hydrogen-bond acceptors (Lipinski definition) is 3. The first-order chi connectivity index (χ1) is 7.17. The molecule has 0 radical (unpaired) electrons. The van der Waals surface area contributed by atoms with Crippen LogP contribution in [0.4, 0.5) is 0 Å². The molecule has 4 nitrogen and oxygen atoms in total. The van der Waals surface area contributed by atoms with Crippen molar-refractivity contribution in [3.8, 4) is 0 Å². The van der Waals surface area contributed by atoms with Gasteiger partial charge in [0.2, 0.25) is 0 Å². The average Bonchev–Trinajstić information content (AvgIpc) is 2.20. The summed E-state index contributed by atoms with van der Waals surface area (Å²) in [5.74, 6) is -0.148. The topological polar surface area (TPSA) is 67.1 Å². The molecule has 15 heavy (non-hydrogen) atoms. The molecule has 0 aliphatic heterocycles. The standard InChI is InChI=1S/C8H9BrN2O.CH3NS/c1-10-11-8(12)6-4-2-3-5-7(6)9;2-1-3/h2-5,10H,1H3,(H,11,12);1H,(H2,2,3). The van der Waals surface area contributed by atoms with Gasteiger partial charge >= 0.3 is 0 Å². The van der Waals surface area contributed by atoms with Crippen molar-refractivity contribution >= 4 is 39.5 Å². The van der Waals surface area contributed by atoms with Gasteiger partial charge in [0.15, 0.2) is 0 Å². The molecule has 0 spiro atoms. The highest BCUT2D eigenvalue weighted by Crippen LogP contribution is 2.14. The molecule has 1 aromatic carbocycles. The monoisotopic (exact) mass is 289 g/mol. The van der Waals surface area contributed by atoms with Gasteiger partial charge < -0.3 is 5.73 Å². The Morgan fingerprint density at radius 1 is 1.53 bits per heavy atom. The fourth-order valence-corrected chi connectivity index (χ4v) is 1.29. The smallest absolute Gasteiger partial charge is 0.266 e. The van der Waals surface area contributed by atoms with Crippen LogP contribution in [0.5, 0.6) is 0 Å². The minimum absolute atomic E-state index is 0.148. The van der Waals surface area contributed by atoms with Crippen molar-refractivity contribution in [2.45, 2.75) is 0 Å². The fourth-order valence-electron chi connectivity index (χ4n) is 0.826. The van der Waals surface area contributed by atoms with E-state index in [1.54, 1.807) is 13.1 Å². The Balaban J connectivity index is 0.000000583. The summed E-state index contributed by atoms with van der Waals surface area (Å²) >= 11 is 7.32. The maximum atomic E-state index is 11.3. The van der Waals surface area contributed by atoms with E-state index in [1.807, 2.05) is 18.2 Å². The summed E-state index contributed by atoms with van der Waals surface area (Å²) in [6, 6.07) is 7.25. The SMILES string of the molecule is CNNC(=O)c1ccccc1Br.NC=S. The van der Waals surface area contributed by atoms with E-state index in [1.165, 1.54) is 0 Å². The van der Waals surface area contributed by atoms with Crippen LogP contribution in [0.1, 0.15) is 10.4 Å². The van der Waals surface area contributed by atoms with Gasteiger partial charge in [0.05, 0.1) is 11.1 Å². The quantitative estimate of drug-likeness (QED) is 0.566. The Morgan fingerprint density at radius 3 is 2.53 bits per heavy atom. The van der Waals surface area contributed by atoms with E-state index in [2.05, 4.69) is 44.7 Å². The lowest BCUT2D eigenvalue weighted by Gasteiger charge is -2.03. The predicted octanol–water partition coefficient (Wildman–Crippen LogP) is 1.22. The van der Waals surface area contributed by atoms with Gasteiger partial charge in [-0.05, 0) is 28.1 Å². The molecular weight excluding hydrogens is 278 g/mol. The molecule has 82 valence electrons. The minimum atomic E-state index is -0.148. The van der Waals surface area contributed by atoms with Gasteiger partial charge in [0.25, 0.3) is 5.91 Å². The van der Waals surface area contributed by atoms with Crippen molar-refractivity contribution in [3.63, 3.8) is 0 Å². The molecular formula is C9H12BrN3OS. The summed E-state index contributed by atoms with van der Waals surface area (Å²) in [6.45, 7) is 0. The van der Waals surface area contributed by atoms with Gasteiger partial charge in [-0.25, -0.2) is 5.43 Å². The van der Waals surface area contributed by atoms with Crippen LogP contribution in [-0.4, -0.2) is 18.4 Å². The predicted molar refractivity (Wildman–Crippen MR) is 68.5 cm³/mol. The lowest BCUT2D eigenvalue weighted by atomic mass is 10.2. The molecule has 0 aliphatic carbocycles. The highest BCUT2D eigenvalue weighted by Gasteiger charge is 2.06. The molecule has 0 bridgehead atoms. The lowest BCUT2D eigenvalue weighted by molar-refractivity contribution is 0.0937. The van der Waals surface area contributed by atoms with Crippen LogP contribution in [0, 0.1) is 0 Å². The third-order valence-corrected chi connectivity index (χ3v) is 2.05. The van der Waals surface area contributed by atoms with Gasteiger partial charge in [0, 0.05) is 11.5 Å². The van der Waals surface area contributed by atoms with Crippen LogP contribution < -0.4 is 16.6 Å². The highest BCUT2D eigenvalue weighted by atomic mass is 79.9. The normalized spacial score (nSPS) is 8.40. The summed E-state index contributed by atoms with van der Waals surface area (Å²) in [5, 5.41) is 0. The Morgan fingerprint density at radius 2 is 2.07 bits per heavy atom. The van der Waals surface area contributed by atoms with E-state index in [-0.39, 0.29) is 5.91 Å². The number of nitrogens with one attached hydrogen (secondary N) is 2. The molecule has 1 aromatic rings. The molecule has 0 saturated heterocycles. The summed E-state index contributed by atoms with van der Waals surface area (Å²) in [6.07, 6.45) is 0. The zero-order valence-corrected chi connectivity index (χ0v) is 10.6. The van der Waals surface area contributed by atoms with Crippen LogP contribution in [0.2, 0.25) is 0 Å². The van der Waals surface area contributed by atoms with E-state index < -0.39 is 0 Å². The van der Waals surface area contributed by atoms with Gasteiger partial charge in [-0.2, -0.15) is 0 Å². The van der Waals surface area contributed by atoms with E-state index in [0.29, 0.717) is 5.56 Å². The van der Waals surface area contributed by atoms with Crippen LogP contribution in [0.25, 0.3) is 0 Å². The van der Waals surface area contributed by atoms with Crippen LogP contribution in [0.3, 0.4) is 0 Å². The third-order valence-electron chi connectivity index (χ3n) is 1.36. The van der Waals surface area contributed by atoms with Gasteiger partial charge in [0.1, 0.15) is 0 Å². The second-order valence-electron chi connectivity index (χ2n) is 2.32. The number of amides is 1. The van der Waals surface area contributed by atoms with Crippen LogP contribution in [0.15, 0.2) is 28.7 Å². The number of hydrazine groups is 1. The second-order valence-corrected chi connectivity index (χ2v) is 3.45. The number of rotatable bonds is 2. The first kappa shape index (κ1) is 14.0. The number of carbonyl (C=O) groups is 1. The van der Waals surface area contributed by atoms with Crippen molar-refractivity contribution in [3.05, 3.63) is 34.3 Å². The number of halogens is 1. The second kappa shape index (κ2) is 8.34. The van der Waals surface area contributed by atoms with Gasteiger partial charge in [-0.1, -0.05) is 24.4 Å². The Kier molecular flexibility index (Phi) is 7.79. The van der Waals surface area contributed by atoms with Crippen LogP contribution >= 0.6 is 28.1 Å². The number of thiocarbonyl (C=S) groups is 1. The molecule has 1 rings (SSSR count). The van der Waals surface area contributed by atoms with E-state index in [9.17, 15) is 4.79 Å². The Hall–Kier alpha value is -0.980. The molecule has 0 atom stereocenters. The fraction of sp³-hybridized carbons (Fsp3) is 0.111. The third kappa shape index (κ3) is 5.46. The lowest BCUT2D eigenvalue weighted by Crippen LogP contribution is -2.34. The van der Waals surface area contributed by atoms with Crippen molar-refractivity contribution in [1.82, 2.24) is 10.9 Å². The zero-order chi connectivity index (χ0) is 11.7.